The third-order valence-electron chi connectivity index (χ3n) is 3.28. The van der Waals surface area contributed by atoms with E-state index in [2.05, 4.69) is 0 Å². The Morgan fingerprint density at radius 1 is 1.13 bits per heavy atom. The number of nitrogens with zero attached hydrogens (tertiary/aromatic N) is 1. The van der Waals surface area contributed by atoms with Gasteiger partial charge in [0.1, 0.15) is 0 Å². The van der Waals surface area contributed by atoms with Crippen molar-refractivity contribution in [3.05, 3.63) is 0 Å². The van der Waals surface area contributed by atoms with Gasteiger partial charge in [-0.1, -0.05) is 0 Å². The summed E-state index contributed by atoms with van der Waals surface area (Å²) in [7, 11) is 0. The van der Waals surface area contributed by atoms with Gasteiger partial charge < -0.3 is 5.11 Å². The lowest BCUT2D eigenvalue weighted by molar-refractivity contribution is -0.145. The van der Waals surface area contributed by atoms with Crippen LogP contribution in [0.2, 0.25) is 0 Å². The standard InChI is InChI=1S/C11H17NO3/c13-9-5-8(6-9)7-12-10(14)3-1-2-4-11(12)15/h8-9,13H,1-7H2. The van der Waals surface area contributed by atoms with Crippen LogP contribution in [0.3, 0.4) is 0 Å². The summed E-state index contributed by atoms with van der Waals surface area (Å²) in [5, 5.41) is 9.15. The van der Waals surface area contributed by atoms with Gasteiger partial charge in [-0.05, 0) is 31.6 Å². The summed E-state index contributed by atoms with van der Waals surface area (Å²) in [5.41, 5.74) is 0. The van der Waals surface area contributed by atoms with Gasteiger partial charge in [-0.15, -0.1) is 0 Å². The minimum atomic E-state index is -0.216. The van der Waals surface area contributed by atoms with Crippen LogP contribution >= 0.6 is 0 Å². The molecule has 0 spiro atoms. The van der Waals surface area contributed by atoms with Crippen molar-refractivity contribution in [2.24, 2.45) is 5.92 Å². The van der Waals surface area contributed by atoms with Crippen LogP contribution in [-0.2, 0) is 9.59 Å². The third kappa shape index (κ3) is 2.37. The number of aliphatic hydroxyl groups is 1. The highest BCUT2D eigenvalue weighted by atomic mass is 16.3. The lowest BCUT2D eigenvalue weighted by atomic mass is 9.82. The molecular formula is C11H17NO3. The lowest BCUT2D eigenvalue weighted by Crippen LogP contribution is -2.43. The molecule has 0 aromatic carbocycles. The maximum absolute atomic E-state index is 11.6. The van der Waals surface area contributed by atoms with E-state index in [0.29, 0.717) is 25.3 Å². The molecule has 0 aromatic heterocycles. The third-order valence-corrected chi connectivity index (χ3v) is 3.28. The first kappa shape index (κ1) is 10.6. The topological polar surface area (TPSA) is 57.6 Å². The van der Waals surface area contributed by atoms with Crippen molar-refractivity contribution in [2.75, 3.05) is 6.54 Å². The number of amides is 2. The first-order valence-electron chi connectivity index (χ1n) is 5.68. The number of rotatable bonds is 2. The molecule has 1 saturated heterocycles. The minimum Gasteiger partial charge on any atom is -0.393 e. The van der Waals surface area contributed by atoms with Gasteiger partial charge >= 0.3 is 0 Å². The van der Waals surface area contributed by atoms with Crippen molar-refractivity contribution in [3.8, 4) is 0 Å². The fraction of sp³-hybridized carbons (Fsp3) is 0.818. The Morgan fingerprint density at radius 2 is 1.67 bits per heavy atom. The molecule has 2 fully saturated rings. The van der Waals surface area contributed by atoms with Crippen molar-refractivity contribution in [2.45, 2.75) is 44.6 Å². The lowest BCUT2D eigenvalue weighted by Gasteiger charge is -2.34. The molecule has 84 valence electrons. The van der Waals surface area contributed by atoms with E-state index in [-0.39, 0.29) is 17.9 Å². The van der Waals surface area contributed by atoms with E-state index in [0.717, 1.165) is 25.7 Å². The van der Waals surface area contributed by atoms with Gasteiger partial charge in [0.2, 0.25) is 11.8 Å². The van der Waals surface area contributed by atoms with Crippen LogP contribution in [0.1, 0.15) is 38.5 Å². The van der Waals surface area contributed by atoms with E-state index in [9.17, 15) is 9.59 Å². The molecule has 0 bridgehead atoms. The van der Waals surface area contributed by atoms with Gasteiger partial charge in [-0.3, -0.25) is 14.5 Å². The molecule has 2 aliphatic rings. The Balaban J connectivity index is 1.92. The number of carbonyl (C=O) groups is 2. The Hall–Kier alpha value is -0.900. The SMILES string of the molecule is O=C1CCCCC(=O)N1CC1CC(O)C1. The molecule has 15 heavy (non-hydrogen) atoms. The van der Waals surface area contributed by atoms with E-state index in [1.165, 1.54) is 4.90 Å². The number of aliphatic hydroxyl groups excluding tert-OH is 1. The molecular weight excluding hydrogens is 194 g/mol. The molecule has 2 rings (SSSR count). The maximum atomic E-state index is 11.6. The average Bonchev–Trinajstić information content (AvgIpc) is 2.29. The highest BCUT2D eigenvalue weighted by Gasteiger charge is 2.33. The number of likely N-dealkylation sites (tertiary alicyclic amines) is 1. The fourth-order valence-corrected chi connectivity index (χ4v) is 2.27. The second-order valence-corrected chi connectivity index (χ2v) is 4.60. The van der Waals surface area contributed by atoms with E-state index in [4.69, 9.17) is 5.11 Å². The second kappa shape index (κ2) is 4.31. The summed E-state index contributed by atoms with van der Waals surface area (Å²) in [6.07, 6.45) is 3.91. The van der Waals surface area contributed by atoms with Gasteiger partial charge in [0.25, 0.3) is 0 Å². The summed E-state index contributed by atoms with van der Waals surface area (Å²) in [6, 6.07) is 0. The number of hydrogen-bond donors (Lipinski definition) is 1. The predicted molar refractivity (Wildman–Crippen MR) is 53.9 cm³/mol. The summed E-state index contributed by atoms with van der Waals surface area (Å²) in [4.78, 5) is 24.7. The predicted octanol–water partition coefficient (Wildman–Crippen LogP) is 0.686. The Morgan fingerprint density at radius 3 is 2.13 bits per heavy atom. The summed E-state index contributed by atoms with van der Waals surface area (Å²) >= 11 is 0. The summed E-state index contributed by atoms with van der Waals surface area (Å²) < 4.78 is 0. The van der Waals surface area contributed by atoms with Gasteiger partial charge in [0.05, 0.1) is 6.10 Å². The molecule has 0 radical (unpaired) electrons. The molecule has 1 aliphatic carbocycles. The zero-order valence-corrected chi connectivity index (χ0v) is 8.82. The quantitative estimate of drug-likeness (QED) is 0.683. The summed E-state index contributed by atoms with van der Waals surface area (Å²) in [5.74, 6) is 0.267. The minimum absolute atomic E-state index is 0.0288. The normalized spacial score (nSPS) is 32.5. The van der Waals surface area contributed by atoms with Crippen LogP contribution < -0.4 is 0 Å². The van der Waals surface area contributed by atoms with Gasteiger partial charge in [-0.25, -0.2) is 0 Å². The van der Waals surface area contributed by atoms with Crippen LogP contribution in [0, 0.1) is 5.92 Å². The van der Waals surface area contributed by atoms with Crippen LogP contribution in [0.25, 0.3) is 0 Å². The number of carbonyl (C=O) groups excluding carboxylic acids is 2. The largest absolute Gasteiger partial charge is 0.393 e. The first-order chi connectivity index (χ1) is 7.16. The van der Waals surface area contributed by atoms with Gasteiger partial charge in [0, 0.05) is 19.4 Å². The van der Waals surface area contributed by atoms with Crippen molar-refractivity contribution in [1.29, 1.82) is 0 Å². The van der Waals surface area contributed by atoms with Crippen LogP contribution in [0.15, 0.2) is 0 Å². The average molecular weight is 211 g/mol. The van der Waals surface area contributed by atoms with Gasteiger partial charge in [0.15, 0.2) is 0 Å². The highest BCUT2D eigenvalue weighted by Crippen LogP contribution is 2.29. The van der Waals surface area contributed by atoms with Crippen molar-refractivity contribution in [3.63, 3.8) is 0 Å². The molecule has 4 heteroatoms. The van der Waals surface area contributed by atoms with Gasteiger partial charge in [-0.2, -0.15) is 0 Å². The van der Waals surface area contributed by atoms with Crippen LogP contribution in [0.4, 0.5) is 0 Å². The molecule has 4 nitrogen and oxygen atoms in total. The monoisotopic (exact) mass is 211 g/mol. The molecule has 1 saturated carbocycles. The number of hydrogen-bond acceptors (Lipinski definition) is 3. The smallest absolute Gasteiger partial charge is 0.229 e. The zero-order chi connectivity index (χ0) is 10.8. The highest BCUT2D eigenvalue weighted by molar-refractivity contribution is 5.96. The Kier molecular flexibility index (Phi) is 3.05. The van der Waals surface area contributed by atoms with E-state index in [1.807, 2.05) is 0 Å². The van der Waals surface area contributed by atoms with E-state index < -0.39 is 0 Å². The van der Waals surface area contributed by atoms with Crippen molar-refractivity contribution in [1.82, 2.24) is 4.90 Å². The Bertz CT molecular complexity index is 253. The fourth-order valence-electron chi connectivity index (χ4n) is 2.27. The van der Waals surface area contributed by atoms with Crippen molar-refractivity contribution < 1.29 is 14.7 Å². The second-order valence-electron chi connectivity index (χ2n) is 4.60. The van der Waals surface area contributed by atoms with E-state index in [1.54, 1.807) is 0 Å². The summed E-state index contributed by atoms with van der Waals surface area (Å²) in [6.45, 7) is 0.523. The molecule has 2 amide bonds. The van der Waals surface area contributed by atoms with Crippen LogP contribution in [0.5, 0.6) is 0 Å². The molecule has 1 N–H and O–H groups in total. The van der Waals surface area contributed by atoms with Crippen LogP contribution in [-0.4, -0.2) is 34.5 Å². The number of imide groups is 1. The molecule has 0 atom stereocenters. The maximum Gasteiger partial charge on any atom is 0.229 e. The van der Waals surface area contributed by atoms with Crippen molar-refractivity contribution >= 4 is 11.8 Å². The molecule has 1 heterocycles. The molecule has 0 aromatic rings. The molecule has 1 aliphatic heterocycles. The first-order valence-corrected chi connectivity index (χ1v) is 5.68. The molecule has 0 unspecified atom stereocenters. The zero-order valence-electron chi connectivity index (χ0n) is 8.82. The van der Waals surface area contributed by atoms with E-state index >= 15 is 0 Å². The Labute approximate surface area is 89.3 Å².